The molecule has 0 aromatic carbocycles. The van der Waals surface area contributed by atoms with Gasteiger partial charge in [0, 0.05) is 6.54 Å². The van der Waals surface area contributed by atoms with Crippen molar-refractivity contribution in [2.75, 3.05) is 13.6 Å². The third-order valence-corrected chi connectivity index (χ3v) is 1.90. The lowest BCUT2D eigenvalue weighted by molar-refractivity contribution is 0.154. The molecule has 1 heterocycles. The number of aromatic nitrogens is 2. The van der Waals surface area contributed by atoms with Crippen LogP contribution in [-0.4, -0.2) is 34.4 Å². The van der Waals surface area contributed by atoms with Gasteiger partial charge in [-0.3, -0.25) is 0 Å². The number of hydrogen-bond donors (Lipinski definition) is 2. The summed E-state index contributed by atoms with van der Waals surface area (Å²) in [6.07, 6.45) is 0.776. The van der Waals surface area contributed by atoms with E-state index in [2.05, 4.69) is 10.3 Å². The van der Waals surface area contributed by atoms with Gasteiger partial charge in [0.05, 0.1) is 19.0 Å². The van der Waals surface area contributed by atoms with E-state index in [1.165, 1.54) is 10.9 Å². The fraction of sp³-hybridized carbons (Fsp3) is 0.444. The van der Waals surface area contributed by atoms with Gasteiger partial charge in [0.1, 0.15) is 12.1 Å². The van der Waals surface area contributed by atoms with E-state index in [1.807, 2.05) is 12.1 Å². The van der Waals surface area contributed by atoms with Gasteiger partial charge in [-0.2, -0.15) is 10.5 Å². The summed E-state index contributed by atoms with van der Waals surface area (Å²) < 4.78 is 1.47. The maximum Gasteiger partial charge on any atom is 0.176 e. The molecule has 6 nitrogen and oxygen atoms in total. The fourth-order valence-corrected chi connectivity index (χ4v) is 1.25. The quantitative estimate of drug-likeness (QED) is 0.671. The van der Waals surface area contributed by atoms with Crippen LogP contribution in [0, 0.1) is 22.7 Å². The van der Waals surface area contributed by atoms with Crippen LogP contribution in [-0.2, 0) is 6.54 Å². The Kier molecular flexibility index (Phi) is 3.81. The highest BCUT2D eigenvalue weighted by atomic mass is 16.3. The zero-order valence-corrected chi connectivity index (χ0v) is 8.30. The molecule has 1 unspecified atom stereocenters. The number of aliphatic hydroxyl groups is 1. The zero-order valence-electron chi connectivity index (χ0n) is 8.30. The smallest absolute Gasteiger partial charge is 0.176 e. The molecule has 0 fully saturated rings. The van der Waals surface area contributed by atoms with Crippen LogP contribution in [0.3, 0.4) is 0 Å². The molecular formula is C9H11N5O. The van der Waals surface area contributed by atoms with Crippen LogP contribution < -0.4 is 5.32 Å². The molecule has 0 aliphatic heterocycles. The first-order chi connectivity index (χ1) is 7.22. The number of nitriles is 2. The Morgan fingerprint density at radius 1 is 1.60 bits per heavy atom. The second kappa shape index (κ2) is 5.11. The van der Waals surface area contributed by atoms with Crippen molar-refractivity contribution in [2.24, 2.45) is 0 Å². The van der Waals surface area contributed by atoms with Gasteiger partial charge in [-0.25, -0.2) is 4.98 Å². The molecule has 1 rings (SSSR count). The number of nitrogens with zero attached hydrogens (tertiary/aromatic N) is 4. The van der Waals surface area contributed by atoms with E-state index in [0.717, 1.165) is 0 Å². The summed E-state index contributed by atoms with van der Waals surface area (Å²) in [6, 6.07) is 3.71. The van der Waals surface area contributed by atoms with Gasteiger partial charge in [0.2, 0.25) is 0 Å². The predicted octanol–water partition coefficient (Wildman–Crippen LogP) is -0.793. The molecule has 0 bridgehead atoms. The highest BCUT2D eigenvalue weighted by molar-refractivity contribution is 5.36. The number of hydrogen-bond acceptors (Lipinski definition) is 5. The van der Waals surface area contributed by atoms with Crippen LogP contribution in [0.1, 0.15) is 11.4 Å². The highest BCUT2D eigenvalue weighted by Gasteiger charge is 2.12. The van der Waals surface area contributed by atoms with E-state index in [-0.39, 0.29) is 17.9 Å². The number of aliphatic hydroxyl groups excluding tert-OH is 1. The second-order valence-electron chi connectivity index (χ2n) is 3.03. The molecule has 0 spiro atoms. The van der Waals surface area contributed by atoms with Gasteiger partial charge in [-0.1, -0.05) is 0 Å². The van der Waals surface area contributed by atoms with Gasteiger partial charge < -0.3 is 15.0 Å². The van der Waals surface area contributed by atoms with Crippen molar-refractivity contribution >= 4 is 0 Å². The number of rotatable bonds is 4. The topological polar surface area (TPSA) is 97.7 Å². The monoisotopic (exact) mass is 205 g/mol. The minimum Gasteiger partial charge on any atom is -0.390 e. The van der Waals surface area contributed by atoms with Crippen LogP contribution in [0.15, 0.2) is 6.33 Å². The molecule has 0 saturated carbocycles. The Hall–Kier alpha value is -1.89. The summed E-state index contributed by atoms with van der Waals surface area (Å²) in [4.78, 5) is 3.77. The minimum atomic E-state index is -0.608. The molecule has 0 radical (unpaired) electrons. The normalized spacial score (nSPS) is 11.7. The molecule has 1 aromatic rings. The Morgan fingerprint density at radius 2 is 2.33 bits per heavy atom. The lowest BCUT2D eigenvalue weighted by Gasteiger charge is -2.10. The molecule has 6 heteroatoms. The van der Waals surface area contributed by atoms with Gasteiger partial charge in [0.25, 0.3) is 0 Å². The third kappa shape index (κ3) is 2.53. The van der Waals surface area contributed by atoms with E-state index in [1.54, 1.807) is 7.05 Å². The third-order valence-electron chi connectivity index (χ3n) is 1.90. The van der Waals surface area contributed by atoms with Gasteiger partial charge in [-0.05, 0) is 7.05 Å². The lowest BCUT2D eigenvalue weighted by Crippen LogP contribution is -2.28. The summed E-state index contributed by atoms with van der Waals surface area (Å²) in [5.41, 5.74) is 0.279. The van der Waals surface area contributed by atoms with Crippen molar-refractivity contribution in [3.63, 3.8) is 0 Å². The van der Waals surface area contributed by atoms with Crippen LogP contribution in [0.2, 0.25) is 0 Å². The molecule has 1 aromatic heterocycles. The van der Waals surface area contributed by atoms with Crippen molar-refractivity contribution in [3.8, 4) is 12.1 Å². The van der Waals surface area contributed by atoms with Crippen molar-refractivity contribution in [1.29, 1.82) is 10.5 Å². The van der Waals surface area contributed by atoms with E-state index >= 15 is 0 Å². The molecular weight excluding hydrogens is 194 g/mol. The van der Waals surface area contributed by atoms with E-state index in [9.17, 15) is 5.11 Å². The standard InChI is InChI=1S/C9H11N5O/c1-12-4-7(15)5-14-6-13-8(2-10)9(14)3-11/h6-7,12,15H,4-5H2,1H3. The van der Waals surface area contributed by atoms with Crippen LogP contribution in [0.4, 0.5) is 0 Å². The van der Waals surface area contributed by atoms with Crippen molar-refractivity contribution in [2.45, 2.75) is 12.6 Å². The maximum absolute atomic E-state index is 9.50. The first kappa shape index (κ1) is 11.2. The Bertz CT molecular complexity index is 411. The first-order valence-corrected chi connectivity index (χ1v) is 4.41. The van der Waals surface area contributed by atoms with E-state index in [0.29, 0.717) is 6.54 Å². The van der Waals surface area contributed by atoms with Crippen molar-refractivity contribution < 1.29 is 5.11 Å². The molecule has 15 heavy (non-hydrogen) atoms. The molecule has 2 N–H and O–H groups in total. The van der Waals surface area contributed by atoms with Crippen molar-refractivity contribution in [1.82, 2.24) is 14.9 Å². The van der Waals surface area contributed by atoms with Gasteiger partial charge >= 0.3 is 0 Å². The largest absolute Gasteiger partial charge is 0.390 e. The summed E-state index contributed by atoms with van der Waals surface area (Å²) in [7, 11) is 1.73. The molecule has 0 saturated heterocycles. The van der Waals surface area contributed by atoms with E-state index in [4.69, 9.17) is 10.5 Å². The zero-order chi connectivity index (χ0) is 11.3. The average molecular weight is 205 g/mol. The Morgan fingerprint density at radius 3 is 2.87 bits per heavy atom. The van der Waals surface area contributed by atoms with Gasteiger partial charge in [0.15, 0.2) is 11.4 Å². The predicted molar refractivity (Wildman–Crippen MR) is 51.6 cm³/mol. The SMILES string of the molecule is CNCC(O)Cn1cnc(C#N)c1C#N. The number of likely N-dealkylation sites (N-methyl/N-ethyl adjacent to an activating group) is 1. The average Bonchev–Trinajstić information content (AvgIpc) is 2.60. The Balaban J connectivity index is 2.83. The second-order valence-corrected chi connectivity index (χ2v) is 3.03. The molecule has 0 aliphatic carbocycles. The number of nitrogens with one attached hydrogen (secondary N) is 1. The Labute approximate surface area is 87.4 Å². The maximum atomic E-state index is 9.50. The van der Waals surface area contributed by atoms with Crippen LogP contribution in [0.25, 0.3) is 0 Å². The summed E-state index contributed by atoms with van der Waals surface area (Å²) in [5, 5.41) is 29.8. The molecule has 0 amide bonds. The summed E-state index contributed by atoms with van der Waals surface area (Å²) in [6.45, 7) is 0.670. The number of imidazole rings is 1. The van der Waals surface area contributed by atoms with Crippen LogP contribution in [0.5, 0.6) is 0 Å². The lowest BCUT2D eigenvalue weighted by atomic mass is 10.3. The van der Waals surface area contributed by atoms with E-state index < -0.39 is 6.10 Å². The van der Waals surface area contributed by atoms with Crippen LogP contribution >= 0.6 is 0 Å². The van der Waals surface area contributed by atoms with Crippen molar-refractivity contribution in [3.05, 3.63) is 17.7 Å². The minimum absolute atomic E-state index is 0.0918. The molecule has 78 valence electrons. The molecule has 0 aliphatic rings. The fourth-order valence-electron chi connectivity index (χ4n) is 1.25. The van der Waals surface area contributed by atoms with Gasteiger partial charge in [-0.15, -0.1) is 0 Å². The summed E-state index contributed by atoms with van der Waals surface area (Å²) in [5.74, 6) is 0. The molecule has 1 atom stereocenters. The highest BCUT2D eigenvalue weighted by Crippen LogP contribution is 2.05. The summed E-state index contributed by atoms with van der Waals surface area (Å²) >= 11 is 0. The first-order valence-electron chi connectivity index (χ1n) is 4.41.